The van der Waals surface area contributed by atoms with Gasteiger partial charge in [0, 0.05) is 0 Å². The predicted octanol–water partition coefficient (Wildman–Crippen LogP) is 0.987. The summed E-state index contributed by atoms with van der Waals surface area (Å²) >= 11 is 0. The van der Waals surface area contributed by atoms with Crippen molar-refractivity contribution in [2.24, 2.45) is 11.7 Å². The first-order valence-electron chi connectivity index (χ1n) is 3.30. The number of hydrogen-bond acceptors (Lipinski definition) is 2. The Morgan fingerprint density at radius 2 is 2.00 bits per heavy atom. The zero-order chi connectivity index (χ0) is 9.94. The van der Waals surface area contributed by atoms with E-state index in [1.165, 1.54) is 0 Å². The maximum Gasteiger partial charge on any atom is 0.391 e. The Morgan fingerprint density at radius 3 is 2.25 bits per heavy atom. The highest BCUT2D eigenvalue weighted by atomic mass is 19.4. The fourth-order valence-corrected chi connectivity index (χ4v) is 0.615. The fourth-order valence-electron chi connectivity index (χ4n) is 0.615. The van der Waals surface area contributed by atoms with Crippen molar-refractivity contribution in [2.75, 3.05) is 0 Å². The first-order chi connectivity index (χ1) is 5.25. The van der Waals surface area contributed by atoms with Gasteiger partial charge in [-0.15, -0.1) is 0 Å². The molecule has 0 aliphatic carbocycles. The van der Waals surface area contributed by atoms with Crippen LogP contribution in [0.25, 0.3) is 0 Å². The summed E-state index contributed by atoms with van der Waals surface area (Å²) in [6.07, 6.45) is -4.95. The summed E-state index contributed by atoms with van der Waals surface area (Å²) < 4.78 is 35.5. The number of rotatable bonds is 3. The van der Waals surface area contributed by atoms with E-state index in [1.807, 2.05) is 0 Å². The molecule has 0 heterocycles. The standard InChI is InChI=1S/C6H10F3NO2/c1-3(6(7,8)9)2-4(10)5(11)12/h3-4H,2,10H2,1H3,(H,11,12)/t3?,4-/m0/s1. The largest absolute Gasteiger partial charge is 0.480 e. The molecule has 6 heteroatoms. The minimum Gasteiger partial charge on any atom is -0.480 e. The van der Waals surface area contributed by atoms with Gasteiger partial charge in [0.2, 0.25) is 0 Å². The molecule has 0 rings (SSSR count). The smallest absolute Gasteiger partial charge is 0.391 e. The average molecular weight is 185 g/mol. The summed E-state index contributed by atoms with van der Waals surface area (Å²) in [7, 11) is 0. The van der Waals surface area contributed by atoms with Gasteiger partial charge in [-0.05, 0) is 6.42 Å². The molecule has 0 saturated heterocycles. The Balaban J connectivity index is 4.01. The maximum absolute atomic E-state index is 11.8. The number of hydrogen-bond donors (Lipinski definition) is 2. The maximum atomic E-state index is 11.8. The van der Waals surface area contributed by atoms with Crippen LogP contribution in [0.2, 0.25) is 0 Å². The molecule has 0 aromatic rings. The highest BCUT2D eigenvalue weighted by molar-refractivity contribution is 5.73. The van der Waals surface area contributed by atoms with E-state index in [9.17, 15) is 18.0 Å². The summed E-state index contributed by atoms with van der Waals surface area (Å²) in [5, 5.41) is 8.20. The first-order valence-corrected chi connectivity index (χ1v) is 3.30. The lowest BCUT2D eigenvalue weighted by Crippen LogP contribution is -2.35. The van der Waals surface area contributed by atoms with Crippen LogP contribution in [0, 0.1) is 5.92 Å². The van der Waals surface area contributed by atoms with Crippen molar-refractivity contribution in [2.45, 2.75) is 25.6 Å². The second-order valence-electron chi connectivity index (χ2n) is 2.62. The van der Waals surface area contributed by atoms with Gasteiger partial charge in [0.25, 0.3) is 0 Å². The normalized spacial score (nSPS) is 17.1. The molecule has 12 heavy (non-hydrogen) atoms. The molecule has 0 saturated carbocycles. The predicted molar refractivity (Wildman–Crippen MR) is 35.4 cm³/mol. The van der Waals surface area contributed by atoms with Gasteiger partial charge in [0.1, 0.15) is 6.04 Å². The van der Waals surface area contributed by atoms with Crippen LogP contribution in [0.4, 0.5) is 13.2 Å². The summed E-state index contributed by atoms with van der Waals surface area (Å²) in [6, 6.07) is -1.44. The molecule has 1 unspecified atom stereocenters. The molecule has 0 bridgehead atoms. The molecular formula is C6H10F3NO2. The molecule has 0 aromatic heterocycles. The van der Waals surface area contributed by atoms with Crippen LogP contribution in [-0.2, 0) is 4.79 Å². The molecule has 0 amide bonds. The van der Waals surface area contributed by atoms with E-state index >= 15 is 0 Å². The van der Waals surface area contributed by atoms with Gasteiger partial charge < -0.3 is 10.8 Å². The Morgan fingerprint density at radius 1 is 1.58 bits per heavy atom. The molecule has 0 fully saturated rings. The third-order valence-electron chi connectivity index (χ3n) is 1.48. The van der Waals surface area contributed by atoms with Gasteiger partial charge in [0.15, 0.2) is 0 Å². The summed E-state index contributed by atoms with van der Waals surface area (Å²) in [5.74, 6) is -3.09. The Bertz CT molecular complexity index is 169. The lowest BCUT2D eigenvalue weighted by atomic mass is 10.0. The van der Waals surface area contributed by atoms with Crippen molar-refractivity contribution < 1.29 is 23.1 Å². The molecule has 72 valence electrons. The van der Waals surface area contributed by atoms with Crippen molar-refractivity contribution in [1.82, 2.24) is 0 Å². The quantitative estimate of drug-likeness (QED) is 0.689. The zero-order valence-electron chi connectivity index (χ0n) is 6.43. The van der Waals surface area contributed by atoms with E-state index in [2.05, 4.69) is 0 Å². The van der Waals surface area contributed by atoms with Crippen LogP contribution in [-0.4, -0.2) is 23.3 Å². The number of carbonyl (C=O) groups is 1. The van der Waals surface area contributed by atoms with E-state index < -0.39 is 30.5 Å². The van der Waals surface area contributed by atoms with Crippen LogP contribution >= 0.6 is 0 Å². The number of nitrogens with two attached hydrogens (primary N) is 1. The van der Waals surface area contributed by atoms with Crippen molar-refractivity contribution in [3.8, 4) is 0 Å². The summed E-state index contributed by atoms with van der Waals surface area (Å²) in [4.78, 5) is 10.1. The van der Waals surface area contributed by atoms with Crippen LogP contribution in [0.5, 0.6) is 0 Å². The lowest BCUT2D eigenvalue weighted by Gasteiger charge is -2.16. The van der Waals surface area contributed by atoms with E-state index in [1.54, 1.807) is 0 Å². The highest BCUT2D eigenvalue weighted by Gasteiger charge is 2.37. The number of halogens is 3. The topological polar surface area (TPSA) is 63.3 Å². The lowest BCUT2D eigenvalue weighted by molar-refractivity contribution is -0.173. The van der Waals surface area contributed by atoms with Crippen molar-refractivity contribution in [3.63, 3.8) is 0 Å². The van der Waals surface area contributed by atoms with E-state index in [0.29, 0.717) is 0 Å². The van der Waals surface area contributed by atoms with Crippen molar-refractivity contribution in [1.29, 1.82) is 0 Å². The van der Waals surface area contributed by atoms with Gasteiger partial charge in [-0.3, -0.25) is 4.79 Å². The third kappa shape index (κ3) is 3.56. The van der Waals surface area contributed by atoms with Gasteiger partial charge >= 0.3 is 12.1 Å². The second kappa shape index (κ2) is 3.75. The van der Waals surface area contributed by atoms with E-state index in [4.69, 9.17) is 10.8 Å². The van der Waals surface area contributed by atoms with Crippen LogP contribution in [0.1, 0.15) is 13.3 Å². The molecule has 3 N–H and O–H groups in total. The molecule has 3 nitrogen and oxygen atoms in total. The van der Waals surface area contributed by atoms with Gasteiger partial charge in [0.05, 0.1) is 5.92 Å². The average Bonchev–Trinajstić information content (AvgIpc) is 1.85. The SMILES string of the molecule is CC(C[C@H](N)C(=O)O)C(F)(F)F. The van der Waals surface area contributed by atoms with Gasteiger partial charge in [-0.1, -0.05) is 6.92 Å². The van der Waals surface area contributed by atoms with Crippen LogP contribution in [0.15, 0.2) is 0 Å². The molecular weight excluding hydrogens is 175 g/mol. The van der Waals surface area contributed by atoms with Crippen LogP contribution in [0.3, 0.4) is 0 Å². The Labute approximate surface area is 67.4 Å². The molecule has 0 aromatic carbocycles. The zero-order valence-corrected chi connectivity index (χ0v) is 6.43. The molecule has 0 aliphatic rings. The molecule has 2 atom stereocenters. The van der Waals surface area contributed by atoms with Gasteiger partial charge in [-0.2, -0.15) is 13.2 Å². The third-order valence-corrected chi connectivity index (χ3v) is 1.48. The van der Waals surface area contributed by atoms with Gasteiger partial charge in [-0.25, -0.2) is 0 Å². The summed E-state index contributed by atoms with van der Waals surface area (Å²) in [5.41, 5.74) is 4.91. The molecule has 0 spiro atoms. The van der Waals surface area contributed by atoms with Crippen molar-refractivity contribution >= 4 is 5.97 Å². The number of alkyl halides is 3. The van der Waals surface area contributed by atoms with E-state index in [0.717, 1.165) is 6.92 Å². The number of carboxylic acids is 1. The first kappa shape index (κ1) is 11.2. The monoisotopic (exact) mass is 185 g/mol. The Kier molecular flexibility index (Phi) is 3.51. The highest BCUT2D eigenvalue weighted by Crippen LogP contribution is 2.28. The van der Waals surface area contributed by atoms with Crippen LogP contribution < -0.4 is 5.73 Å². The van der Waals surface area contributed by atoms with E-state index in [-0.39, 0.29) is 0 Å². The van der Waals surface area contributed by atoms with Crippen molar-refractivity contribution in [3.05, 3.63) is 0 Å². The number of carboxylic acid groups (broad SMARTS) is 1. The summed E-state index contributed by atoms with van der Waals surface area (Å²) in [6.45, 7) is 0.906. The number of aliphatic carboxylic acids is 1. The minimum atomic E-state index is -4.37. The molecule has 0 aliphatic heterocycles. The Hall–Kier alpha value is -0.780. The molecule has 0 radical (unpaired) electrons. The second-order valence-corrected chi connectivity index (χ2v) is 2.62. The minimum absolute atomic E-state index is 0.584. The fraction of sp³-hybridized carbons (Fsp3) is 0.833.